The first kappa shape index (κ1) is 16.5. The van der Waals surface area contributed by atoms with E-state index >= 15 is 0 Å². The predicted octanol–water partition coefficient (Wildman–Crippen LogP) is 1.97. The lowest BCUT2D eigenvalue weighted by Crippen LogP contribution is -2.42. The number of ether oxygens (including phenoxy) is 1. The minimum atomic E-state index is -3.58. The van der Waals surface area contributed by atoms with Gasteiger partial charge < -0.3 is 10.1 Å². The van der Waals surface area contributed by atoms with E-state index in [1.54, 1.807) is 12.1 Å². The molecule has 1 atom stereocenters. The molecule has 1 aromatic rings. The fourth-order valence-corrected chi connectivity index (χ4v) is 4.69. The number of piperidine rings is 1. The van der Waals surface area contributed by atoms with Crippen molar-refractivity contribution in [2.24, 2.45) is 5.92 Å². The summed E-state index contributed by atoms with van der Waals surface area (Å²) in [6.45, 7) is 1.88. The van der Waals surface area contributed by atoms with E-state index in [-0.39, 0.29) is 9.92 Å². The van der Waals surface area contributed by atoms with Gasteiger partial charge in [0, 0.05) is 19.2 Å². The summed E-state index contributed by atoms with van der Waals surface area (Å²) in [6.07, 6.45) is 1.91. The number of hydrogen-bond acceptors (Lipinski definition) is 4. The molecule has 2 rings (SSSR count). The molecule has 0 bridgehead atoms. The number of rotatable bonds is 5. The van der Waals surface area contributed by atoms with Crippen LogP contribution in [0.3, 0.4) is 0 Å². The lowest BCUT2D eigenvalue weighted by molar-refractivity contribution is 0.263. The summed E-state index contributed by atoms with van der Waals surface area (Å²) in [5, 5.41) is 3.34. The fourth-order valence-electron chi connectivity index (χ4n) is 2.65. The summed E-state index contributed by atoms with van der Waals surface area (Å²) in [6, 6.07) is 4.70. The third-order valence-corrected chi connectivity index (χ3v) is 6.08. The van der Waals surface area contributed by atoms with Gasteiger partial charge >= 0.3 is 0 Å². The zero-order valence-electron chi connectivity index (χ0n) is 12.3. The minimum absolute atomic E-state index is 0.119. The summed E-state index contributed by atoms with van der Waals surface area (Å²) in [5.41, 5.74) is 0. The summed E-state index contributed by atoms with van der Waals surface area (Å²) in [5.74, 6) is 0.824. The van der Waals surface area contributed by atoms with Crippen molar-refractivity contribution in [3.63, 3.8) is 0 Å². The molecule has 7 heteroatoms. The van der Waals surface area contributed by atoms with Gasteiger partial charge in [-0.2, -0.15) is 4.31 Å². The van der Waals surface area contributed by atoms with Crippen molar-refractivity contribution in [3.05, 3.63) is 23.2 Å². The Labute approximate surface area is 131 Å². The van der Waals surface area contributed by atoms with Gasteiger partial charge in [-0.1, -0.05) is 11.6 Å². The number of hydrogen-bond donors (Lipinski definition) is 1. The highest BCUT2D eigenvalue weighted by Crippen LogP contribution is 2.30. The standard InChI is InChI=1S/C14H21ClN2O3S/c1-16-9-11-4-3-7-17(10-11)21(18,19)14-8-12(20-2)5-6-13(14)15/h5-6,8,11,16H,3-4,7,9-10H2,1-2H3. The van der Waals surface area contributed by atoms with E-state index in [9.17, 15) is 8.42 Å². The predicted molar refractivity (Wildman–Crippen MR) is 83.4 cm³/mol. The molecule has 21 heavy (non-hydrogen) atoms. The molecule has 0 amide bonds. The highest BCUT2D eigenvalue weighted by atomic mass is 35.5. The van der Waals surface area contributed by atoms with Crippen LogP contribution in [0.1, 0.15) is 12.8 Å². The number of methoxy groups -OCH3 is 1. The van der Waals surface area contributed by atoms with Gasteiger partial charge in [0.15, 0.2) is 0 Å². The SMILES string of the molecule is CNCC1CCCN(S(=O)(=O)c2cc(OC)ccc2Cl)C1. The van der Waals surface area contributed by atoms with Gasteiger partial charge in [0.05, 0.1) is 12.1 Å². The second kappa shape index (κ2) is 6.96. The van der Waals surface area contributed by atoms with Crippen molar-refractivity contribution < 1.29 is 13.2 Å². The van der Waals surface area contributed by atoms with E-state index < -0.39 is 10.0 Å². The molecule has 1 N–H and O–H groups in total. The van der Waals surface area contributed by atoms with Crippen LogP contribution < -0.4 is 10.1 Å². The summed E-state index contributed by atoms with van der Waals surface area (Å²) >= 11 is 6.08. The highest BCUT2D eigenvalue weighted by Gasteiger charge is 2.31. The van der Waals surface area contributed by atoms with Crippen molar-refractivity contribution in [2.45, 2.75) is 17.7 Å². The number of nitrogens with zero attached hydrogens (tertiary/aromatic N) is 1. The lowest BCUT2D eigenvalue weighted by atomic mass is 10.00. The van der Waals surface area contributed by atoms with Crippen molar-refractivity contribution in [1.29, 1.82) is 0 Å². The smallest absolute Gasteiger partial charge is 0.244 e. The molecule has 0 aromatic heterocycles. The van der Waals surface area contributed by atoms with Crippen molar-refractivity contribution in [1.82, 2.24) is 9.62 Å². The van der Waals surface area contributed by atoms with E-state index in [2.05, 4.69) is 5.32 Å². The van der Waals surface area contributed by atoms with Crippen LogP contribution in [0.4, 0.5) is 0 Å². The molecule has 0 spiro atoms. The molecular formula is C14H21ClN2O3S. The average molecular weight is 333 g/mol. The Morgan fingerprint density at radius 2 is 2.24 bits per heavy atom. The molecule has 0 aliphatic carbocycles. The number of sulfonamides is 1. The zero-order valence-corrected chi connectivity index (χ0v) is 13.9. The Kier molecular flexibility index (Phi) is 5.48. The molecular weight excluding hydrogens is 312 g/mol. The first-order valence-corrected chi connectivity index (χ1v) is 8.79. The Morgan fingerprint density at radius 3 is 2.90 bits per heavy atom. The van der Waals surface area contributed by atoms with Crippen molar-refractivity contribution in [3.8, 4) is 5.75 Å². The van der Waals surface area contributed by atoms with Gasteiger partial charge in [0.2, 0.25) is 10.0 Å². The molecule has 1 aliphatic rings. The molecule has 1 aliphatic heterocycles. The van der Waals surface area contributed by atoms with Crippen LogP contribution in [0.2, 0.25) is 5.02 Å². The summed E-state index contributed by atoms with van der Waals surface area (Å²) < 4.78 is 32.2. The first-order chi connectivity index (χ1) is 9.98. The Hall–Kier alpha value is -0.820. The maximum absolute atomic E-state index is 12.8. The van der Waals surface area contributed by atoms with Gasteiger partial charge in [0.25, 0.3) is 0 Å². The van der Waals surface area contributed by atoms with Gasteiger partial charge in [-0.3, -0.25) is 0 Å². The Bertz CT molecular complexity index is 590. The number of halogens is 1. The third-order valence-electron chi connectivity index (χ3n) is 3.73. The maximum atomic E-state index is 12.8. The molecule has 1 heterocycles. The summed E-state index contributed by atoms with van der Waals surface area (Å²) in [4.78, 5) is 0.119. The van der Waals surface area contributed by atoms with Crippen LogP contribution in [-0.2, 0) is 10.0 Å². The Morgan fingerprint density at radius 1 is 1.48 bits per heavy atom. The molecule has 1 saturated heterocycles. The van der Waals surface area contributed by atoms with Crippen LogP contribution in [0.25, 0.3) is 0 Å². The van der Waals surface area contributed by atoms with Crippen LogP contribution in [0.15, 0.2) is 23.1 Å². The van der Waals surface area contributed by atoms with E-state index in [0.29, 0.717) is 24.8 Å². The monoisotopic (exact) mass is 332 g/mol. The van der Waals surface area contributed by atoms with Gasteiger partial charge in [-0.15, -0.1) is 0 Å². The molecule has 1 aromatic carbocycles. The second-order valence-corrected chi connectivity index (χ2v) is 7.54. The van der Waals surface area contributed by atoms with Crippen LogP contribution in [-0.4, -0.2) is 46.5 Å². The third kappa shape index (κ3) is 3.69. The maximum Gasteiger partial charge on any atom is 0.244 e. The highest BCUT2D eigenvalue weighted by molar-refractivity contribution is 7.89. The van der Waals surface area contributed by atoms with E-state index in [0.717, 1.165) is 19.4 Å². The normalized spacial score (nSPS) is 20.4. The van der Waals surface area contributed by atoms with Crippen LogP contribution in [0.5, 0.6) is 5.75 Å². The molecule has 5 nitrogen and oxygen atoms in total. The molecule has 0 radical (unpaired) electrons. The van der Waals surface area contributed by atoms with E-state index in [4.69, 9.17) is 16.3 Å². The second-order valence-electron chi connectivity index (χ2n) is 5.23. The van der Waals surface area contributed by atoms with Gasteiger partial charge in [-0.25, -0.2) is 8.42 Å². The topological polar surface area (TPSA) is 58.6 Å². The molecule has 0 saturated carbocycles. The minimum Gasteiger partial charge on any atom is -0.497 e. The first-order valence-electron chi connectivity index (χ1n) is 6.97. The number of benzene rings is 1. The van der Waals surface area contributed by atoms with Gasteiger partial charge in [-0.05, 0) is 44.5 Å². The Balaban J connectivity index is 2.29. The van der Waals surface area contributed by atoms with Crippen molar-refractivity contribution >= 4 is 21.6 Å². The average Bonchev–Trinajstić information content (AvgIpc) is 2.48. The van der Waals surface area contributed by atoms with Gasteiger partial charge in [0.1, 0.15) is 10.6 Å². The molecule has 1 fully saturated rings. The van der Waals surface area contributed by atoms with E-state index in [1.807, 2.05) is 7.05 Å². The largest absolute Gasteiger partial charge is 0.497 e. The number of nitrogens with one attached hydrogen (secondary N) is 1. The quantitative estimate of drug-likeness (QED) is 0.895. The zero-order chi connectivity index (χ0) is 15.5. The summed E-state index contributed by atoms with van der Waals surface area (Å²) in [7, 11) is -0.198. The molecule has 1 unspecified atom stereocenters. The molecule has 118 valence electrons. The van der Waals surface area contributed by atoms with Crippen LogP contribution >= 0.6 is 11.6 Å². The van der Waals surface area contributed by atoms with Crippen molar-refractivity contribution in [2.75, 3.05) is 33.8 Å². The fraction of sp³-hybridized carbons (Fsp3) is 0.571. The van der Waals surface area contributed by atoms with Crippen LogP contribution in [0, 0.1) is 5.92 Å². The lowest BCUT2D eigenvalue weighted by Gasteiger charge is -2.32. The van der Waals surface area contributed by atoms with E-state index in [1.165, 1.54) is 17.5 Å².